The van der Waals surface area contributed by atoms with E-state index in [9.17, 15) is 31.5 Å². The van der Waals surface area contributed by atoms with E-state index in [0.29, 0.717) is 12.3 Å². The third-order valence-corrected chi connectivity index (χ3v) is 6.01. The number of halogens is 3. The van der Waals surface area contributed by atoms with Gasteiger partial charge in [0.2, 0.25) is 0 Å². The van der Waals surface area contributed by atoms with Crippen LogP contribution in [0.25, 0.3) is 0 Å². The number of amides is 1. The second kappa shape index (κ2) is 8.64. The topological polar surface area (TPSA) is 139 Å². The predicted molar refractivity (Wildman–Crippen MR) is 109 cm³/mol. The van der Waals surface area contributed by atoms with Crippen LogP contribution in [0.4, 0.5) is 24.7 Å². The summed E-state index contributed by atoms with van der Waals surface area (Å²) in [6.45, 7) is 4.16. The molecule has 0 bridgehead atoms. The van der Waals surface area contributed by atoms with Crippen molar-refractivity contribution in [3.05, 3.63) is 41.7 Å². The highest BCUT2D eigenvalue weighted by Crippen LogP contribution is 2.34. The summed E-state index contributed by atoms with van der Waals surface area (Å²) in [6.07, 6.45) is -3.57. The summed E-state index contributed by atoms with van der Waals surface area (Å²) in [5.41, 5.74) is -1.47. The van der Waals surface area contributed by atoms with E-state index in [1.54, 1.807) is 18.7 Å². The van der Waals surface area contributed by atoms with Gasteiger partial charge in [-0.05, 0) is 24.0 Å². The maximum absolute atomic E-state index is 13.3. The fraction of sp³-hybridized carbons (Fsp3) is 0.421. The minimum Gasteiger partial charge on any atom is -0.392 e. The van der Waals surface area contributed by atoms with Gasteiger partial charge in [0, 0.05) is 37.2 Å². The van der Waals surface area contributed by atoms with Crippen LogP contribution in [0.3, 0.4) is 0 Å². The first kappa shape index (κ1) is 23.9. The number of sulfonamides is 1. The molecular weight excluding hydrogens is 451 g/mol. The molecule has 0 saturated carbocycles. The molecule has 0 aliphatic carbocycles. The van der Waals surface area contributed by atoms with Crippen LogP contribution in [0.15, 0.2) is 35.6 Å². The van der Waals surface area contributed by atoms with Crippen molar-refractivity contribution in [1.29, 1.82) is 0 Å². The highest BCUT2D eigenvalue weighted by Gasteiger charge is 2.36. The summed E-state index contributed by atoms with van der Waals surface area (Å²) in [7, 11) is -4.15. The second-order valence-electron chi connectivity index (χ2n) is 7.82. The molecule has 1 aliphatic rings. The molecule has 174 valence electrons. The van der Waals surface area contributed by atoms with Crippen LogP contribution in [-0.2, 0) is 16.2 Å². The molecule has 4 N–H and O–H groups in total. The van der Waals surface area contributed by atoms with Crippen LogP contribution in [0.5, 0.6) is 0 Å². The van der Waals surface area contributed by atoms with Crippen molar-refractivity contribution in [1.82, 2.24) is 9.97 Å². The maximum atomic E-state index is 13.3. The Bertz CT molecular complexity index is 1110. The van der Waals surface area contributed by atoms with Crippen LogP contribution >= 0.6 is 0 Å². The van der Waals surface area contributed by atoms with Gasteiger partial charge in [0.05, 0.1) is 17.2 Å². The smallest absolute Gasteiger partial charge is 0.392 e. The van der Waals surface area contributed by atoms with Crippen molar-refractivity contribution < 1.29 is 31.5 Å². The number of nitrogens with one attached hydrogen (secondary N) is 1. The lowest BCUT2D eigenvalue weighted by Gasteiger charge is -2.40. The summed E-state index contributed by atoms with van der Waals surface area (Å²) in [4.78, 5) is 22.1. The van der Waals surface area contributed by atoms with E-state index in [1.165, 1.54) is 6.07 Å². The standard InChI is InChI=1S/C19H22F3N5O4S/c1-10-8-27(9-11(2)16(10)28)17-14(5-12(7-25-17)19(20,21)22)18(29)26-13-3-4-24-15(6-13)32(23,30)31/h3-7,10-11,16,28H,8-9H2,1-2H3,(H2,23,30,31)(H,24,26,29)/t10-,11+,16?. The summed E-state index contributed by atoms with van der Waals surface area (Å²) in [5, 5.41) is 17.1. The number of anilines is 2. The Morgan fingerprint density at radius 2 is 1.84 bits per heavy atom. The minimum absolute atomic E-state index is 0.0202. The van der Waals surface area contributed by atoms with Gasteiger partial charge in [-0.3, -0.25) is 4.79 Å². The molecule has 1 fully saturated rings. The summed E-state index contributed by atoms with van der Waals surface area (Å²) >= 11 is 0. The van der Waals surface area contributed by atoms with Gasteiger partial charge in [-0.25, -0.2) is 23.5 Å². The number of primary sulfonamides is 1. The monoisotopic (exact) mass is 473 g/mol. The first-order valence-corrected chi connectivity index (χ1v) is 11.1. The highest BCUT2D eigenvalue weighted by molar-refractivity contribution is 7.89. The van der Waals surface area contributed by atoms with Crippen LogP contribution < -0.4 is 15.4 Å². The fourth-order valence-corrected chi connectivity index (χ4v) is 4.09. The van der Waals surface area contributed by atoms with Gasteiger partial charge in [0.1, 0.15) is 5.82 Å². The van der Waals surface area contributed by atoms with Crippen LogP contribution in [0, 0.1) is 11.8 Å². The predicted octanol–water partition coefficient (Wildman–Crippen LogP) is 1.85. The lowest BCUT2D eigenvalue weighted by Crippen LogP contribution is -2.48. The van der Waals surface area contributed by atoms with E-state index in [1.807, 2.05) is 0 Å². The van der Waals surface area contributed by atoms with Crippen molar-refractivity contribution >= 4 is 27.4 Å². The van der Waals surface area contributed by atoms with Gasteiger partial charge in [-0.2, -0.15) is 13.2 Å². The molecule has 3 atom stereocenters. The minimum atomic E-state index is -4.73. The van der Waals surface area contributed by atoms with Gasteiger partial charge in [0.15, 0.2) is 5.03 Å². The Morgan fingerprint density at radius 1 is 1.22 bits per heavy atom. The number of aliphatic hydroxyl groups excluding tert-OH is 1. The zero-order valence-corrected chi connectivity index (χ0v) is 18.0. The molecule has 3 rings (SSSR count). The van der Waals surface area contributed by atoms with Gasteiger partial charge in [-0.15, -0.1) is 0 Å². The number of piperidine rings is 1. The molecule has 1 amide bonds. The molecule has 2 aromatic heterocycles. The largest absolute Gasteiger partial charge is 0.417 e. The molecule has 9 nitrogen and oxygen atoms in total. The lowest BCUT2D eigenvalue weighted by molar-refractivity contribution is -0.137. The summed E-state index contributed by atoms with van der Waals surface area (Å²) in [6, 6.07) is 2.96. The molecule has 3 heterocycles. The molecule has 32 heavy (non-hydrogen) atoms. The molecule has 1 unspecified atom stereocenters. The quantitative estimate of drug-likeness (QED) is 0.616. The van der Waals surface area contributed by atoms with E-state index in [0.717, 1.165) is 12.3 Å². The molecule has 1 saturated heterocycles. The second-order valence-corrected chi connectivity index (χ2v) is 9.33. The number of pyridine rings is 2. The lowest BCUT2D eigenvalue weighted by atomic mass is 9.88. The number of hydrogen-bond donors (Lipinski definition) is 3. The number of alkyl halides is 3. The first-order chi connectivity index (χ1) is 14.8. The highest BCUT2D eigenvalue weighted by atomic mass is 32.2. The van der Waals surface area contributed by atoms with Gasteiger partial charge in [0.25, 0.3) is 15.9 Å². The zero-order valence-electron chi connectivity index (χ0n) is 17.2. The van der Waals surface area contributed by atoms with Gasteiger partial charge < -0.3 is 15.3 Å². The van der Waals surface area contributed by atoms with Crippen molar-refractivity contribution in [3.63, 3.8) is 0 Å². The zero-order chi connectivity index (χ0) is 23.8. The molecule has 13 heteroatoms. The molecule has 1 aliphatic heterocycles. The molecule has 0 radical (unpaired) electrons. The Hall–Kier alpha value is -2.77. The van der Waals surface area contributed by atoms with Crippen molar-refractivity contribution in [2.24, 2.45) is 17.0 Å². The van der Waals surface area contributed by atoms with Crippen molar-refractivity contribution in [3.8, 4) is 0 Å². The van der Waals surface area contributed by atoms with Crippen LogP contribution in [0.2, 0.25) is 0 Å². The maximum Gasteiger partial charge on any atom is 0.417 e. The molecule has 2 aromatic rings. The van der Waals surface area contributed by atoms with Gasteiger partial charge in [-0.1, -0.05) is 13.8 Å². The summed E-state index contributed by atoms with van der Waals surface area (Å²) in [5.74, 6) is -1.29. The fourth-order valence-electron chi connectivity index (χ4n) is 3.59. The van der Waals surface area contributed by atoms with Crippen molar-refractivity contribution in [2.75, 3.05) is 23.3 Å². The number of carbonyl (C=O) groups is 1. The van der Waals surface area contributed by atoms with Crippen molar-refractivity contribution in [2.45, 2.75) is 31.2 Å². The average molecular weight is 473 g/mol. The SMILES string of the molecule is C[C@@H]1CN(c2ncc(C(F)(F)F)cc2C(=O)Nc2ccnc(S(N)(=O)=O)c2)C[C@H](C)C1O. The van der Waals surface area contributed by atoms with Gasteiger partial charge >= 0.3 is 6.18 Å². The summed E-state index contributed by atoms with van der Waals surface area (Å²) < 4.78 is 62.8. The molecule has 0 spiro atoms. The Kier molecular flexibility index (Phi) is 6.45. The number of rotatable bonds is 4. The van der Waals surface area contributed by atoms with E-state index in [2.05, 4.69) is 15.3 Å². The van der Waals surface area contributed by atoms with Crippen LogP contribution in [0.1, 0.15) is 29.8 Å². The van der Waals surface area contributed by atoms with E-state index < -0.39 is 38.8 Å². The average Bonchev–Trinajstić information content (AvgIpc) is 2.70. The number of carbonyl (C=O) groups excluding carboxylic acids is 1. The Labute approximate surface area is 182 Å². The number of nitrogens with two attached hydrogens (primary N) is 1. The third kappa shape index (κ3) is 5.16. The Morgan fingerprint density at radius 3 is 2.41 bits per heavy atom. The molecular formula is C19H22F3N5O4S. The van der Waals surface area contributed by atoms with E-state index in [-0.39, 0.29) is 42.0 Å². The van der Waals surface area contributed by atoms with E-state index in [4.69, 9.17) is 5.14 Å². The number of aromatic nitrogens is 2. The van der Waals surface area contributed by atoms with Crippen LogP contribution in [-0.4, -0.2) is 48.6 Å². The van der Waals surface area contributed by atoms with E-state index >= 15 is 0 Å². The number of aliphatic hydroxyl groups is 1. The first-order valence-electron chi connectivity index (χ1n) is 9.58. The third-order valence-electron chi connectivity index (χ3n) is 5.21. The number of hydrogen-bond acceptors (Lipinski definition) is 7. The molecule has 0 aromatic carbocycles. The Balaban J connectivity index is 2.00. The number of nitrogens with zero attached hydrogens (tertiary/aromatic N) is 3. The normalized spacial score (nSPS) is 22.0.